The average molecular weight is 540 g/mol. The quantitative estimate of drug-likeness (QED) is 0.351. The van der Waals surface area contributed by atoms with E-state index in [-0.39, 0.29) is 24.0 Å². The summed E-state index contributed by atoms with van der Waals surface area (Å²) in [6.45, 7) is 3.99. The fourth-order valence-electron chi connectivity index (χ4n) is 4.07. The van der Waals surface area contributed by atoms with Crippen molar-refractivity contribution in [2.75, 3.05) is 57.9 Å². The van der Waals surface area contributed by atoms with E-state index in [0.717, 1.165) is 22.3 Å². The molecular formula is C27H29N3O7S. The second-order valence-electron chi connectivity index (χ2n) is 8.48. The highest BCUT2D eigenvalue weighted by Crippen LogP contribution is 2.34. The van der Waals surface area contributed by atoms with Crippen molar-refractivity contribution in [2.24, 2.45) is 0 Å². The van der Waals surface area contributed by atoms with E-state index in [0.29, 0.717) is 49.8 Å². The summed E-state index contributed by atoms with van der Waals surface area (Å²) in [6, 6.07) is 14.9. The van der Waals surface area contributed by atoms with Gasteiger partial charge in [0.05, 0.1) is 18.6 Å². The van der Waals surface area contributed by atoms with Gasteiger partial charge in [-0.05, 0) is 54.6 Å². The van der Waals surface area contributed by atoms with Gasteiger partial charge in [-0.1, -0.05) is 24.3 Å². The van der Waals surface area contributed by atoms with Crippen molar-refractivity contribution in [2.45, 2.75) is 6.92 Å². The zero-order valence-corrected chi connectivity index (χ0v) is 22.1. The van der Waals surface area contributed by atoms with Crippen LogP contribution in [0.25, 0.3) is 6.08 Å². The van der Waals surface area contributed by atoms with E-state index in [9.17, 15) is 19.2 Å². The van der Waals surface area contributed by atoms with Crippen LogP contribution < -0.4 is 14.4 Å². The first-order chi connectivity index (χ1) is 18.4. The minimum Gasteiger partial charge on any atom is -0.490 e. The number of esters is 1. The zero-order chi connectivity index (χ0) is 27.1. The number of para-hydroxylation sites is 1. The molecule has 3 amide bonds. The number of amides is 3. The van der Waals surface area contributed by atoms with Crippen molar-refractivity contribution in [1.29, 1.82) is 0 Å². The molecular weight excluding hydrogens is 510 g/mol. The number of ether oxygens (including phenoxy) is 3. The highest BCUT2D eigenvalue weighted by molar-refractivity contribution is 8.18. The molecule has 10 nitrogen and oxygen atoms in total. The summed E-state index contributed by atoms with van der Waals surface area (Å²) in [5.74, 6) is -0.570. The van der Waals surface area contributed by atoms with Crippen molar-refractivity contribution in [1.82, 2.24) is 9.80 Å². The van der Waals surface area contributed by atoms with Crippen LogP contribution in [0, 0.1) is 0 Å². The van der Waals surface area contributed by atoms with Crippen molar-refractivity contribution < 1.29 is 33.4 Å². The molecule has 2 aromatic carbocycles. The van der Waals surface area contributed by atoms with Crippen LogP contribution in [0.4, 0.5) is 10.5 Å². The molecule has 11 heteroatoms. The Morgan fingerprint density at radius 3 is 2.39 bits per heavy atom. The number of rotatable bonds is 9. The Balaban J connectivity index is 1.38. The summed E-state index contributed by atoms with van der Waals surface area (Å²) < 4.78 is 15.6. The Hall–Kier alpha value is -3.99. The molecule has 0 aromatic heterocycles. The lowest BCUT2D eigenvalue weighted by atomic mass is 10.2. The molecule has 2 aromatic rings. The Kier molecular flexibility index (Phi) is 8.90. The van der Waals surface area contributed by atoms with Crippen molar-refractivity contribution in [3.8, 4) is 11.5 Å². The predicted molar refractivity (Wildman–Crippen MR) is 143 cm³/mol. The maximum Gasteiger partial charge on any atom is 0.343 e. The van der Waals surface area contributed by atoms with Gasteiger partial charge in [0.25, 0.3) is 11.1 Å². The third-order valence-electron chi connectivity index (χ3n) is 6.06. The van der Waals surface area contributed by atoms with Crippen molar-refractivity contribution in [3.63, 3.8) is 0 Å². The number of carbonyl (C=O) groups is 4. The van der Waals surface area contributed by atoms with E-state index in [1.54, 1.807) is 36.1 Å². The van der Waals surface area contributed by atoms with E-state index in [4.69, 9.17) is 9.47 Å². The average Bonchev–Trinajstić information content (AvgIpc) is 3.20. The van der Waals surface area contributed by atoms with E-state index < -0.39 is 17.1 Å². The molecule has 200 valence electrons. The minimum absolute atomic E-state index is 0.211. The molecule has 0 radical (unpaired) electrons. The van der Waals surface area contributed by atoms with Crippen molar-refractivity contribution in [3.05, 3.63) is 59.0 Å². The molecule has 0 N–H and O–H groups in total. The molecule has 38 heavy (non-hydrogen) atoms. The predicted octanol–water partition coefficient (Wildman–Crippen LogP) is 3.02. The first-order valence-corrected chi connectivity index (χ1v) is 13.0. The van der Waals surface area contributed by atoms with Crippen LogP contribution in [-0.2, 0) is 19.1 Å². The van der Waals surface area contributed by atoms with Crippen LogP contribution >= 0.6 is 11.8 Å². The number of imide groups is 1. The Morgan fingerprint density at radius 1 is 0.974 bits per heavy atom. The largest absolute Gasteiger partial charge is 0.490 e. The smallest absolute Gasteiger partial charge is 0.343 e. The lowest BCUT2D eigenvalue weighted by Gasteiger charge is -2.36. The number of hydrogen-bond donors (Lipinski definition) is 0. The molecule has 2 fully saturated rings. The maximum absolute atomic E-state index is 13.0. The standard InChI is InChI=1S/C27H29N3O7S/c1-3-36-22-15-19(9-10-21(22)37-18-25(32)35-2)16-23-26(33)30(27(34)38-23)17-24(31)29-13-11-28(12-14-29)20-7-5-4-6-8-20/h4-10,15-16H,3,11-14,17-18H2,1-2H3/b23-16+. The maximum atomic E-state index is 13.0. The topological polar surface area (TPSA) is 106 Å². The fraction of sp³-hybridized carbons (Fsp3) is 0.333. The van der Waals surface area contributed by atoms with Crippen LogP contribution in [0.5, 0.6) is 11.5 Å². The van der Waals surface area contributed by atoms with Gasteiger partial charge in [-0.2, -0.15) is 0 Å². The second-order valence-corrected chi connectivity index (χ2v) is 9.47. The van der Waals surface area contributed by atoms with Gasteiger partial charge in [0.1, 0.15) is 6.54 Å². The molecule has 2 aliphatic rings. The second kappa shape index (κ2) is 12.5. The lowest BCUT2D eigenvalue weighted by molar-refractivity contribution is -0.143. The summed E-state index contributed by atoms with van der Waals surface area (Å²) in [5.41, 5.74) is 1.71. The summed E-state index contributed by atoms with van der Waals surface area (Å²) in [5, 5.41) is -0.486. The molecule has 0 unspecified atom stereocenters. The number of benzene rings is 2. The van der Waals surface area contributed by atoms with Crippen LogP contribution in [0.3, 0.4) is 0 Å². The number of hydrogen-bond acceptors (Lipinski definition) is 9. The summed E-state index contributed by atoms with van der Waals surface area (Å²) in [7, 11) is 1.27. The van der Waals surface area contributed by atoms with Crippen molar-refractivity contribution >= 4 is 46.5 Å². The summed E-state index contributed by atoms with van der Waals surface area (Å²) in [6.07, 6.45) is 1.57. The van der Waals surface area contributed by atoms with Crippen LogP contribution in [0.1, 0.15) is 12.5 Å². The number of piperazine rings is 1. The first kappa shape index (κ1) is 27.1. The van der Waals surface area contributed by atoms with E-state index in [1.165, 1.54) is 7.11 Å². The lowest BCUT2D eigenvalue weighted by Crippen LogP contribution is -2.51. The number of carbonyl (C=O) groups excluding carboxylic acids is 4. The molecule has 0 aliphatic carbocycles. The Bertz CT molecular complexity index is 1230. The van der Waals surface area contributed by atoms with Gasteiger partial charge in [-0.15, -0.1) is 0 Å². The van der Waals surface area contributed by atoms with Gasteiger partial charge >= 0.3 is 5.97 Å². The highest BCUT2D eigenvalue weighted by atomic mass is 32.2. The Labute approximate surface area is 225 Å². The van der Waals surface area contributed by atoms with Crippen LogP contribution in [0.2, 0.25) is 0 Å². The van der Waals surface area contributed by atoms with Gasteiger partial charge in [0.2, 0.25) is 5.91 Å². The molecule has 0 saturated carbocycles. The van der Waals surface area contributed by atoms with Gasteiger partial charge in [0, 0.05) is 31.9 Å². The first-order valence-electron chi connectivity index (χ1n) is 12.2. The fourth-order valence-corrected chi connectivity index (χ4v) is 4.91. The zero-order valence-electron chi connectivity index (χ0n) is 21.3. The van der Waals surface area contributed by atoms with Gasteiger partial charge in [-0.3, -0.25) is 19.3 Å². The Morgan fingerprint density at radius 2 is 1.71 bits per heavy atom. The molecule has 2 aliphatic heterocycles. The van der Waals surface area contributed by atoms with Gasteiger partial charge in [-0.25, -0.2) is 4.79 Å². The minimum atomic E-state index is -0.530. The number of nitrogens with zero attached hydrogens (tertiary/aromatic N) is 3. The highest BCUT2D eigenvalue weighted by Gasteiger charge is 2.37. The molecule has 0 bridgehead atoms. The third kappa shape index (κ3) is 6.46. The van der Waals surface area contributed by atoms with E-state index in [1.807, 2.05) is 30.3 Å². The molecule has 2 heterocycles. The molecule has 0 spiro atoms. The number of anilines is 1. The normalized spacial score (nSPS) is 16.7. The van der Waals surface area contributed by atoms with E-state index >= 15 is 0 Å². The van der Waals surface area contributed by atoms with Crippen LogP contribution in [-0.4, -0.2) is 85.9 Å². The summed E-state index contributed by atoms with van der Waals surface area (Å²) in [4.78, 5) is 55.0. The summed E-state index contributed by atoms with van der Waals surface area (Å²) >= 11 is 0.790. The van der Waals surface area contributed by atoms with Gasteiger partial charge in [0.15, 0.2) is 18.1 Å². The molecule has 4 rings (SSSR count). The monoisotopic (exact) mass is 539 g/mol. The van der Waals surface area contributed by atoms with E-state index in [2.05, 4.69) is 9.64 Å². The SMILES string of the molecule is CCOc1cc(/C=C2/SC(=O)N(CC(=O)N3CCN(c4ccccc4)CC3)C2=O)ccc1OCC(=O)OC. The van der Waals surface area contributed by atoms with Gasteiger partial charge < -0.3 is 24.0 Å². The number of thioether (sulfide) groups is 1. The van der Waals surface area contributed by atoms with Crippen LogP contribution in [0.15, 0.2) is 53.4 Å². The molecule has 0 atom stereocenters. The molecule has 2 saturated heterocycles. The number of methoxy groups -OCH3 is 1. The third-order valence-corrected chi connectivity index (χ3v) is 6.97.